The van der Waals surface area contributed by atoms with Crippen molar-refractivity contribution in [3.63, 3.8) is 0 Å². The molecule has 4 aromatic heterocycles. The number of carbonyl (C=O) groups is 2. The van der Waals surface area contributed by atoms with Gasteiger partial charge in [0.05, 0.1) is 34.1 Å². The molecule has 226 valence electrons. The molecule has 4 heterocycles. The van der Waals surface area contributed by atoms with Gasteiger partial charge in [-0.15, -0.1) is 0 Å². The average Bonchev–Trinajstić information content (AvgIpc) is 3.74. The second-order valence-corrected chi connectivity index (χ2v) is 10.5. The van der Waals surface area contributed by atoms with E-state index in [1.807, 2.05) is 37.5 Å². The summed E-state index contributed by atoms with van der Waals surface area (Å²) in [5.74, 6) is -0.358. The standard InChI is InChI=1S/C30H32N10O4/c1-4-40-22(12-16(3)37-40)28(43)36-30-35-20-13-17(26(31)41)11-15(2)23(20)39(30)9-6-5-8-38-24-21(34-29(38)33)14-19(27(32)42)18-7-10-44-25(18)24/h5-7,10-14,26,41H,4,8-9,31H2,1-3H3,(H2,32,42)(H2,33,34)(H,35,36,43)/b6-5+. The summed E-state index contributed by atoms with van der Waals surface area (Å²) in [6.45, 7) is 6.86. The monoisotopic (exact) mass is 596 g/mol. The molecule has 44 heavy (non-hydrogen) atoms. The molecule has 14 heteroatoms. The summed E-state index contributed by atoms with van der Waals surface area (Å²) in [6, 6.07) is 8.52. The number of rotatable bonds is 9. The number of nitrogens with zero attached hydrogens (tertiary/aromatic N) is 6. The summed E-state index contributed by atoms with van der Waals surface area (Å²) < 4.78 is 11.0. The maximum Gasteiger partial charge on any atom is 0.276 e. The third-order valence-electron chi connectivity index (χ3n) is 7.54. The van der Waals surface area contributed by atoms with Gasteiger partial charge < -0.3 is 35.9 Å². The lowest BCUT2D eigenvalue weighted by Crippen LogP contribution is -2.20. The minimum absolute atomic E-state index is 0.247. The normalized spacial score (nSPS) is 12.7. The number of imidazole rings is 2. The number of aryl methyl sites for hydroxylation is 3. The molecule has 1 atom stereocenters. The smallest absolute Gasteiger partial charge is 0.276 e. The van der Waals surface area contributed by atoms with E-state index in [1.54, 1.807) is 39.6 Å². The molecule has 2 aromatic carbocycles. The number of fused-ring (bicyclic) bond motifs is 4. The van der Waals surface area contributed by atoms with Gasteiger partial charge in [-0.05, 0) is 62.2 Å². The van der Waals surface area contributed by atoms with Crippen LogP contribution < -0.4 is 22.5 Å². The maximum absolute atomic E-state index is 13.3. The van der Waals surface area contributed by atoms with Crippen LogP contribution in [0, 0.1) is 13.8 Å². The number of aliphatic hydroxyl groups excluding tert-OH is 1. The van der Waals surface area contributed by atoms with Gasteiger partial charge in [0.15, 0.2) is 5.58 Å². The van der Waals surface area contributed by atoms with Crippen molar-refractivity contribution in [2.75, 3.05) is 11.1 Å². The van der Waals surface area contributed by atoms with Crippen LogP contribution in [0.2, 0.25) is 0 Å². The number of aromatic nitrogens is 6. The van der Waals surface area contributed by atoms with Gasteiger partial charge in [0, 0.05) is 25.0 Å². The van der Waals surface area contributed by atoms with Crippen molar-refractivity contribution in [1.29, 1.82) is 0 Å². The van der Waals surface area contributed by atoms with Crippen molar-refractivity contribution in [3.8, 4) is 0 Å². The highest BCUT2D eigenvalue weighted by Gasteiger charge is 2.21. The Morgan fingerprint density at radius 2 is 1.80 bits per heavy atom. The molecular weight excluding hydrogens is 564 g/mol. The predicted molar refractivity (Wildman–Crippen MR) is 166 cm³/mol. The summed E-state index contributed by atoms with van der Waals surface area (Å²) in [7, 11) is 0. The van der Waals surface area contributed by atoms with E-state index in [-0.39, 0.29) is 11.9 Å². The average molecular weight is 597 g/mol. The molecule has 1 unspecified atom stereocenters. The molecule has 0 aliphatic carbocycles. The second-order valence-electron chi connectivity index (χ2n) is 10.5. The summed E-state index contributed by atoms with van der Waals surface area (Å²) >= 11 is 0. The highest BCUT2D eigenvalue weighted by Crippen LogP contribution is 2.31. The van der Waals surface area contributed by atoms with Crippen LogP contribution in [0.5, 0.6) is 0 Å². The Kier molecular flexibility index (Phi) is 7.15. The van der Waals surface area contributed by atoms with Gasteiger partial charge in [0.2, 0.25) is 17.8 Å². The summed E-state index contributed by atoms with van der Waals surface area (Å²) in [4.78, 5) is 34.4. The zero-order chi connectivity index (χ0) is 31.3. The molecule has 14 nitrogen and oxygen atoms in total. The Bertz CT molecular complexity index is 2110. The quantitative estimate of drug-likeness (QED) is 0.122. The van der Waals surface area contributed by atoms with Gasteiger partial charge >= 0.3 is 0 Å². The van der Waals surface area contributed by atoms with Gasteiger partial charge in [-0.25, -0.2) is 9.97 Å². The van der Waals surface area contributed by atoms with Crippen molar-refractivity contribution in [3.05, 3.63) is 76.8 Å². The van der Waals surface area contributed by atoms with E-state index in [2.05, 4.69) is 15.4 Å². The van der Waals surface area contributed by atoms with E-state index in [4.69, 9.17) is 26.6 Å². The fourth-order valence-electron chi connectivity index (χ4n) is 5.58. The minimum atomic E-state index is -1.17. The van der Waals surface area contributed by atoms with Crippen LogP contribution in [0.4, 0.5) is 11.9 Å². The first kappa shape index (κ1) is 28.6. The Morgan fingerprint density at radius 3 is 2.50 bits per heavy atom. The third-order valence-corrected chi connectivity index (χ3v) is 7.54. The van der Waals surface area contributed by atoms with Gasteiger partial charge in [-0.2, -0.15) is 5.10 Å². The Morgan fingerprint density at radius 1 is 1.07 bits per heavy atom. The molecular formula is C30H32N10O4. The van der Waals surface area contributed by atoms with E-state index >= 15 is 0 Å². The fraction of sp³-hybridized carbons (Fsp3) is 0.233. The number of anilines is 2. The maximum atomic E-state index is 13.3. The largest absolute Gasteiger partial charge is 0.462 e. The molecule has 0 radical (unpaired) electrons. The number of nitrogens with one attached hydrogen (secondary N) is 1. The van der Waals surface area contributed by atoms with Gasteiger partial charge in [-0.1, -0.05) is 12.2 Å². The van der Waals surface area contributed by atoms with Crippen LogP contribution in [0.1, 0.15) is 50.8 Å². The first-order valence-electron chi connectivity index (χ1n) is 14.0. The molecule has 0 aliphatic rings. The number of aliphatic hydroxyl groups is 1. The van der Waals surface area contributed by atoms with E-state index in [0.717, 1.165) is 16.8 Å². The molecule has 2 amide bonds. The number of hydrogen-bond donors (Lipinski definition) is 5. The number of carbonyl (C=O) groups excluding carboxylic acids is 2. The van der Waals surface area contributed by atoms with Crippen molar-refractivity contribution >= 4 is 56.7 Å². The lowest BCUT2D eigenvalue weighted by atomic mass is 10.1. The van der Waals surface area contributed by atoms with Crippen LogP contribution in [0.25, 0.3) is 33.0 Å². The number of nitrogens with two attached hydrogens (primary N) is 3. The number of hydrogen-bond acceptors (Lipinski definition) is 9. The molecule has 0 spiro atoms. The third kappa shape index (κ3) is 4.85. The Labute approximate surface area is 250 Å². The molecule has 6 rings (SSSR count). The summed E-state index contributed by atoms with van der Waals surface area (Å²) in [5.41, 5.74) is 23.3. The number of amides is 2. The summed E-state index contributed by atoms with van der Waals surface area (Å²) in [5, 5.41) is 17.9. The van der Waals surface area contributed by atoms with E-state index in [1.165, 1.54) is 6.26 Å². The number of primary amides is 1. The fourth-order valence-corrected chi connectivity index (χ4v) is 5.58. The number of nitrogen functional groups attached to an aromatic ring is 1. The van der Waals surface area contributed by atoms with E-state index in [9.17, 15) is 14.7 Å². The van der Waals surface area contributed by atoms with Gasteiger partial charge in [0.1, 0.15) is 17.4 Å². The molecule has 8 N–H and O–H groups in total. The minimum Gasteiger partial charge on any atom is -0.462 e. The highest BCUT2D eigenvalue weighted by molar-refractivity contribution is 6.13. The first-order chi connectivity index (χ1) is 21.1. The highest BCUT2D eigenvalue weighted by atomic mass is 16.3. The van der Waals surface area contributed by atoms with Crippen LogP contribution >= 0.6 is 0 Å². The van der Waals surface area contributed by atoms with E-state index < -0.39 is 12.1 Å². The molecule has 0 aliphatic heterocycles. The molecule has 0 saturated carbocycles. The van der Waals surface area contributed by atoms with Crippen molar-refractivity contribution in [2.45, 2.75) is 46.6 Å². The second kappa shape index (κ2) is 11.0. The molecule has 0 bridgehead atoms. The van der Waals surface area contributed by atoms with Crippen LogP contribution in [-0.4, -0.2) is 45.8 Å². The number of benzene rings is 2. The number of allylic oxidation sites excluding steroid dienone is 2. The lowest BCUT2D eigenvalue weighted by molar-refractivity contribution is 0.0997. The van der Waals surface area contributed by atoms with Crippen LogP contribution in [0.15, 0.2) is 53.2 Å². The molecule has 0 saturated heterocycles. The number of furan rings is 1. The van der Waals surface area contributed by atoms with Crippen LogP contribution in [0.3, 0.4) is 0 Å². The molecule has 6 aromatic rings. The van der Waals surface area contributed by atoms with Gasteiger partial charge in [-0.3, -0.25) is 19.6 Å². The zero-order valence-corrected chi connectivity index (χ0v) is 24.4. The van der Waals surface area contributed by atoms with Crippen molar-refractivity contribution in [1.82, 2.24) is 28.9 Å². The molecule has 0 fully saturated rings. The van der Waals surface area contributed by atoms with Crippen molar-refractivity contribution < 1.29 is 19.1 Å². The van der Waals surface area contributed by atoms with Crippen molar-refractivity contribution in [2.24, 2.45) is 11.5 Å². The lowest BCUT2D eigenvalue weighted by Gasteiger charge is -2.11. The predicted octanol–water partition coefficient (Wildman–Crippen LogP) is 3.10. The Hall–Kier alpha value is -5.47. The SMILES string of the molecule is CCn1nc(C)cc1C(=O)Nc1nc2cc(C(N)O)cc(C)c2n1C/C=C/Cn1c(N)nc2cc(C(N)=O)c3ccoc3c21. The van der Waals surface area contributed by atoms with Crippen LogP contribution in [-0.2, 0) is 19.6 Å². The Balaban J connectivity index is 1.35. The van der Waals surface area contributed by atoms with Gasteiger partial charge in [0.25, 0.3) is 5.91 Å². The summed E-state index contributed by atoms with van der Waals surface area (Å²) in [6.07, 6.45) is 4.16. The first-order valence-corrected chi connectivity index (χ1v) is 14.0. The topological polar surface area (TPSA) is 211 Å². The zero-order valence-electron chi connectivity index (χ0n) is 24.4. The van der Waals surface area contributed by atoms with E-state index in [0.29, 0.717) is 69.9 Å².